The van der Waals surface area contributed by atoms with Gasteiger partial charge in [0.25, 0.3) is 0 Å². The first-order valence-electron chi connectivity index (χ1n) is 8.40. The fourth-order valence-electron chi connectivity index (χ4n) is 2.52. The molecule has 0 atom stereocenters. The van der Waals surface area contributed by atoms with Gasteiger partial charge in [-0.25, -0.2) is 9.78 Å². The fraction of sp³-hybridized carbons (Fsp3) is 0.100. The standard InChI is InChI=1S/C20H13Cl2F3N2O2S/c21-16-9-14(6-7-15(16)19(28)29)30-27(11-12-4-2-1-3-5-12)18-17(22)8-13(10-26-18)20(23,24)25/h1-10H,11H2,(H,28,29). The Kier molecular flexibility index (Phi) is 6.80. The van der Waals surface area contributed by atoms with Crippen molar-refractivity contribution in [2.45, 2.75) is 17.6 Å². The second-order valence-electron chi connectivity index (χ2n) is 6.09. The summed E-state index contributed by atoms with van der Waals surface area (Å²) >= 11 is 13.3. The van der Waals surface area contributed by atoms with Crippen LogP contribution in [0.5, 0.6) is 0 Å². The average molecular weight is 473 g/mol. The minimum absolute atomic E-state index is 0.0404. The predicted molar refractivity (Wildman–Crippen MR) is 111 cm³/mol. The molecule has 0 aliphatic rings. The molecule has 0 fully saturated rings. The zero-order chi connectivity index (χ0) is 21.9. The highest BCUT2D eigenvalue weighted by molar-refractivity contribution is 8.00. The van der Waals surface area contributed by atoms with Gasteiger partial charge >= 0.3 is 12.1 Å². The third-order valence-corrected chi connectivity index (χ3v) is 5.52. The summed E-state index contributed by atoms with van der Waals surface area (Å²) in [6, 6.07) is 14.4. The number of benzene rings is 2. The largest absolute Gasteiger partial charge is 0.478 e. The molecule has 0 saturated carbocycles. The third-order valence-electron chi connectivity index (χ3n) is 3.94. The van der Waals surface area contributed by atoms with Crippen LogP contribution in [0.25, 0.3) is 0 Å². The lowest BCUT2D eigenvalue weighted by atomic mass is 10.2. The summed E-state index contributed by atoms with van der Waals surface area (Å²) in [6.07, 6.45) is -3.84. The lowest BCUT2D eigenvalue weighted by Gasteiger charge is -2.24. The van der Waals surface area contributed by atoms with E-state index in [0.29, 0.717) is 4.90 Å². The van der Waals surface area contributed by atoms with E-state index in [9.17, 15) is 18.0 Å². The summed E-state index contributed by atoms with van der Waals surface area (Å²) in [7, 11) is 0. The molecule has 0 spiro atoms. The van der Waals surface area contributed by atoms with Crippen molar-refractivity contribution in [3.05, 3.63) is 87.5 Å². The molecule has 30 heavy (non-hydrogen) atoms. The molecule has 2 aromatic carbocycles. The fourth-order valence-corrected chi connectivity index (χ4v) is 4.17. The van der Waals surface area contributed by atoms with Gasteiger partial charge in [0.2, 0.25) is 0 Å². The highest BCUT2D eigenvalue weighted by Gasteiger charge is 2.32. The van der Waals surface area contributed by atoms with Crippen LogP contribution in [-0.2, 0) is 12.7 Å². The Bertz CT molecular complexity index is 1070. The predicted octanol–water partition coefficient (Wildman–Crippen LogP) is 6.82. The number of aromatic nitrogens is 1. The van der Waals surface area contributed by atoms with Gasteiger partial charge in [-0.15, -0.1) is 0 Å². The summed E-state index contributed by atoms with van der Waals surface area (Å²) in [5, 5.41) is 8.99. The van der Waals surface area contributed by atoms with Crippen molar-refractivity contribution in [3.8, 4) is 0 Å². The molecule has 0 aliphatic heterocycles. The molecular formula is C20H13Cl2F3N2O2S. The summed E-state index contributed by atoms with van der Waals surface area (Å²) in [4.78, 5) is 15.7. The smallest absolute Gasteiger partial charge is 0.417 e. The summed E-state index contributed by atoms with van der Waals surface area (Å²) in [6.45, 7) is 0.280. The molecule has 4 nitrogen and oxygen atoms in total. The number of anilines is 1. The van der Waals surface area contributed by atoms with Gasteiger partial charge in [-0.05, 0) is 41.8 Å². The van der Waals surface area contributed by atoms with Crippen LogP contribution in [0.3, 0.4) is 0 Å². The van der Waals surface area contributed by atoms with Crippen LogP contribution >= 0.6 is 35.1 Å². The van der Waals surface area contributed by atoms with Crippen LogP contribution in [-0.4, -0.2) is 16.1 Å². The molecule has 3 rings (SSSR count). The van der Waals surface area contributed by atoms with Crippen molar-refractivity contribution in [1.82, 2.24) is 4.98 Å². The topological polar surface area (TPSA) is 53.4 Å². The maximum Gasteiger partial charge on any atom is 0.417 e. The molecule has 0 bridgehead atoms. The second-order valence-corrected chi connectivity index (χ2v) is 8.00. The monoisotopic (exact) mass is 472 g/mol. The van der Waals surface area contributed by atoms with E-state index in [0.717, 1.165) is 29.8 Å². The van der Waals surface area contributed by atoms with Gasteiger partial charge in [-0.1, -0.05) is 53.5 Å². The number of rotatable bonds is 6. The van der Waals surface area contributed by atoms with E-state index in [1.54, 1.807) is 10.4 Å². The molecule has 0 saturated heterocycles. The van der Waals surface area contributed by atoms with Crippen LogP contribution in [0, 0.1) is 0 Å². The van der Waals surface area contributed by atoms with Crippen molar-refractivity contribution >= 4 is 46.9 Å². The minimum atomic E-state index is -4.56. The van der Waals surface area contributed by atoms with Crippen molar-refractivity contribution in [3.63, 3.8) is 0 Å². The van der Waals surface area contributed by atoms with E-state index < -0.39 is 17.7 Å². The zero-order valence-corrected chi connectivity index (χ0v) is 17.4. The van der Waals surface area contributed by atoms with Gasteiger partial charge in [-0.3, -0.25) is 4.31 Å². The average Bonchev–Trinajstić information content (AvgIpc) is 2.67. The Hall–Kier alpha value is -2.42. The number of carbonyl (C=O) groups is 1. The number of alkyl halides is 3. The number of carboxylic acid groups (broad SMARTS) is 1. The van der Waals surface area contributed by atoms with Crippen molar-refractivity contribution in [2.75, 3.05) is 4.31 Å². The Morgan fingerprint density at radius 1 is 1.07 bits per heavy atom. The van der Waals surface area contributed by atoms with Crippen molar-refractivity contribution < 1.29 is 23.1 Å². The van der Waals surface area contributed by atoms with Gasteiger partial charge in [0.05, 0.1) is 27.7 Å². The normalized spacial score (nSPS) is 11.4. The van der Waals surface area contributed by atoms with Crippen LogP contribution in [0.2, 0.25) is 10.0 Å². The number of pyridine rings is 1. The quantitative estimate of drug-likeness (QED) is 0.398. The molecule has 0 amide bonds. The van der Waals surface area contributed by atoms with E-state index in [1.165, 1.54) is 12.1 Å². The maximum atomic E-state index is 13.0. The summed E-state index contributed by atoms with van der Waals surface area (Å²) in [5.74, 6) is -1.03. The van der Waals surface area contributed by atoms with E-state index in [4.69, 9.17) is 28.3 Å². The summed E-state index contributed by atoms with van der Waals surface area (Å²) < 4.78 is 40.5. The van der Waals surface area contributed by atoms with E-state index in [2.05, 4.69) is 4.98 Å². The molecule has 1 heterocycles. The van der Waals surface area contributed by atoms with Gasteiger partial charge in [0.15, 0.2) is 5.82 Å². The molecule has 3 aromatic rings. The van der Waals surface area contributed by atoms with Gasteiger partial charge in [0.1, 0.15) is 0 Å². The van der Waals surface area contributed by atoms with Crippen molar-refractivity contribution in [2.24, 2.45) is 0 Å². The summed E-state index contributed by atoms with van der Waals surface area (Å²) in [5.41, 5.74) is -0.132. The lowest BCUT2D eigenvalue weighted by Crippen LogP contribution is -2.17. The van der Waals surface area contributed by atoms with Crippen molar-refractivity contribution in [1.29, 1.82) is 0 Å². The lowest BCUT2D eigenvalue weighted by molar-refractivity contribution is -0.137. The van der Waals surface area contributed by atoms with E-state index >= 15 is 0 Å². The molecule has 10 heteroatoms. The van der Waals surface area contributed by atoms with Crippen LogP contribution in [0.4, 0.5) is 19.0 Å². The third kappa shape index (κ3) is 5.38. The first-order valence-corrected chi connectivity index (χ1v) is 9.93. The Morgan fingerprint density at radius 2 is 1.77 bits per heavy atom. The van der Waals surface area contributed by atoms with E-state index in [1.807, 2.05) is 30.3 Å². The number of hydrogen-bond donors (Lipinski definition) is 1. The maximum absolute atomic E-state index is 13.0. The SMILES string of the molecule is O=C(O)c1ccc(SN(Cc2ccccc2)c2ncc(C(F)(F)F)cc2Cl)cc1Cl. The Balaban J connectivity index is 1.97. The molecule has 1 aromatic heterocycles. The molecule has 156 valence electrons. The van der Waals surface area contributed by atoms with Gasteiger partial charge in [-0.2, -0.15) is 13.2 Å². The first kappa shape index (κ1) is 22.3. The molecule has 0 unspecified atom stereocenters. The van der Waals surface area contributed by atoms with Crippen LogP contribution < -0.4 is 4.31 Å². The Morgan fingerprint density at radius 3 is 2.33 bits per heavy atom. The molecule has 0 aliphatic carbocycles. The highest BCUT2D eigenvalue weighted by atomic mass is 35.5. The molecule has 1 N–H and O–H groups in total. The highest BCUT2D eigenvalue weighted by Crippen LogP contribution is 2.38. The van der Waals surface area contributed by atoms with Gasteiger partial charge in [0, 0.05) is 11.1 Å². The Labute approximate surface area is 184 Å². The second kappa shape index (κ2) is 9.16. The molecule has 0 radical (unpaired) electrons. The number of halogens is 5. The number of carboxylic acids is 1. The van der Waals surface area contributed by atoms with E-state index in [-0.39, 0.29) is 28.0 Å². The number of hydrogen-bond acceptors (Lipinski definition) is 4. The minimum Gasteiger partial charge on any atom is -0.478 e. The van der Waals surface area contributed by atoms with Crippen LogP contribution in [0.1, 0.15) is 21.5 Å². The number of aromatic carboxylic acids is 1. The van der Waals surface area contributed by atoms with Crippen LogP contribution in [0.15, 0.2) is 65.7 Å². The zero-order valence-electron chi connectivity index (χ0n) is 15.0. The van der Waals surface area contributed by atoms with Gasteiger partial charge < -0.3 is 5.11 Å². The first-order chi connectivity index (χ1) is 14.1. The molecular weight excluding hydrogens is 460 g/mol. The number of nitrogens with zero attached hydrogens (tertiary/aromatic N) is 2.